The van der Waals surface area contributed by atoms with Crippen LogP contribution in [0.2, 0.25) is 0 Å². The van der Waals surface area contributed by atoms with Crippen molar-refractivity contribution in [2.45, 2.75) is 45.4 Å². The number of furan rings is 1. The summed E-state index contributed by atoms with van der Waals surface area (Å²) >= 11 is 0. The van der Waals surface area contributed by atoms with E-state index in [0.717, 1.165) is 0 Å². The number of rotatable bonds is 4. The van der Waals surface area contributed by atoms with E-state index in [4.69, 9.17) is 4.42 Å². The highest BCUT2D eigenvalue weighted by molar-refractivity contribution is 5.96. The minimum atomic E-state index is 0.00723. The molecule has 1 saturated carbocycles. The molecule has 1 amide bonds. The van der Waals surface area contributed by atoms with Crippen molar-refractivity contribution in [3.63, 3.8) is 0 Å². The fourth-order valence-electron chi connectivity index (χ4n) is 2.38. The number of amides is 1. The van der Waals surface area contributed by atoms with Crippen molar-refractivity contribution in [3.8, 4) is 0 Å². The van der Waals surface area contributed by atoms with Crippen LogP contribution in [0.15, 0.2) is 27.9 Å². The van der Waals surface area contributed by atoms with Gasteiger partial charge in [0.2, 0.25) is 5.91 Å². The Kier molecular flexibility index (Phi) is 4.56. The maximum Gasteiger partial charge on any atom is 0.240 e. The summed E-state index contributed by atoms with van der Waals surface area (Å²) in [6.07, 6.45) is 8.36. The summed E-state index contributed by atoms with van der Waals surface area (Å²) in [5, 5.41) is 4.06. The maximum absolute atomic E-state index is 11.7. The van der Waals surface area contributed by atoms with E-state index in [9.17, 15) is 4.79 Å². The average Bonchev–Trinajstić information content (AvgIpc) is 2.91. The predicted molar refractivity (Wildman–Crippen MR) is 70.3 cm³/mol. The van der Waals surface area contributed by atoms with Gasteiger partial charge in [-0.3, -0.25) is 4.79 Å². The van der Waals surface area contributed by atoms with Gasteiger partial charge >= 0.3 is 0 Å². The molecule has 4 heteroatoms. The first kappa shape index (κ1) is 12.9. The molecule has 1 fully saturated rings. The Morgan fingerprint density at radius 1 is 1.44 bits per heavy atom. The van der Waals surface area contributed by atoms with Crippen LogP contribution >= 0.6 is 0 Å². The lowest BCUT2D eigenvalue weighted by atomic mass is 9.87. The van der Waals surface area contributed by atoms with Gasteiger partial charge in [0.1, 0.15) is 11.5 Å². The molecule has 1 aromatic heterocycles. The Balaban J connectivity index is 1.78. The maximum atomic E-state index is 11.7. The number of nitrogens with zero attached hydrogens (tertiary/aromatic N) is 1. The first-order chi connectivity index (χ1) is 8.75. The normalized spacial score (nSPS) is 17.7. The van der Waals surface area contributed by atoms with Crippen molar-refractivity contribution >= 4 is 11.6 Å². The summed E-state index contributed by atoms with van der Waals surface area (Å²) in [4.78, 5) is 11.7. The van der Waals surface area contributed by atoms with Gasteiger partial charge in [-0.25, -0.2) is 5.43 Å². The Morgan fingerprint density at radius 2 is 2.22 bits per heavy atom. The molecule has 2 rings (SSSR count). The van der Waals surface area contributed by atoms with Crippen molar-refractivity contribution in [1.82, 2.24) is 5.43 Å². The van der Waals surface area contributed by atoms with Gasteiger partial charge in [0.25, 0.3) is 0 Å². The number of hydrogen-bond donors (Lipinski definition) is 1. The predicted octanol–water partition coefficient (Wildman–Crippen LogP) is 3.09. The molecule has 1 aliphatic carbocycles. The summed E-state index contributed by atoms with van der Waals surface area (Å²) in [7, 11) is 0. The molecule has 1 heterocycles. The van der Waals surface area contributed by atoms with Crippen molar-refractivity contribution in [3.05, 3.63) is 24.2 Å². The quantitative estimate of drug-likeness (QED) is 0.657. The summed E-state index contributed by atoms with van der Waals surface area (Å²) in [5.41, 5.74) is 3.30. The largest absolute Gasteiger partial charge is 0.463 e. The minimum absolute atomic E-state index is 0.00723. The van der Waals surface area contributed by atoms with Crippen LogP contribution in [0.25, 0.3) is 0 Å². The van der Waals surface area contributed by atoms with Gasteiger partial charge in [0.15, 0.2) is 0 Å². The number of hydrazone groups is 1. The smallest absolute Gasteiger partial charge is 0.240 e. The molecule has 1 N–H and O–H groups in total. The van der Waals surface area contributed by atoms with Crippen LogP contribution in [0.5, 0.6) is 0 Å². The molecule has 1 aliphatic rings. The summed E-state index contributed by atoms with van der Waals surface area (Å²) in [6.45, 7) is 1.82. The van der Waals surface area contributed by atoms with Crippen LogP contribution in [-0.4, -0.2) is 11.6 Å². The Hall–Kier alpha value is -1.58. The molecule has 0 atom stereocenters. The SMILES string of the molecule is CC(=NNC(=O)CC1CCCCC1)c1ccco1. The number of hydrogen-bond acceptors (Lipinski definition) is 3. The lowest BCUT2D eigenvalue weighted by molar-refractivity contribution is -0.122. The topological polar surface area (TPSA) is 54.6 Å². The number of nitrogens with one attached hydrogen (secondary N) is 1. The molecule has 0 aromatic carbocycles. The van der Waals surface area contributed by atoms with Crippen LogP contribution in [0.4, 0.5) is 0 Å². The standard InChI is InChI=1S/C14H20N2O2/c1-11(13-8-5-9-18-13)15-16-14(17)10-12-6-3-2-4-7-12/h5,8-9,12H,2-4,6-7,10H2,1H3,(H,16,17). The van der Waals surface area contributed by atoms with Crippen LogP contribution < -0.4 is 5.43 Å². The third kappa shape index (κ3) is 3.72. The summed E-state index contributed by atoms with van der Waals surface area (Å²) < 4.78 is 5.20. The van der Waals surface area contributed by atoms with E-state index in [0.29, 0.717) is 23.8 Å². The third-order valence-corrected chi connectivity index (χ3v) is 3.42. The second-order valence-electron chi connectivity index (χ2n) is 4.92. The summed E-state index contributed by atoms with van der Waals surface area (Å²) in [5.74, 6) is 1.23. The fourth-order valence-corrected chi connectivity index (χ4v) is 2.38. The molecule has 0 aliphatic heterocycles. The van der Waals surface area contributed by atoms with E-state index in [2.05, 4.69) is 10.5 Å². The van der Waals surface area contributed by atoms with Gasteiger partial charge in [0.05, 0.1) is 6.26 Å². The highest BCUT2D eigenvalue weighted by Crippen LogP contribution is 2.25. The van der Waals surface area contributed by atoms with Gasteiger partial charge in [-0.05, 0) is 37.8 Å². The summed E-state index contributed by atoms with van der Waals surface area (Å²) in [6, 6.07) is 3.63. The van der Waals surface area contributed by atoms with E-state index >= 15 is 0 Å². The zero-order chi connectivity index (χ0) is 12.8. The lowest BCUT2D eigenvalue weighted by Crippen LogP contribution is -2.23. The second-order valence-corrected chi connectivity index (χ2v) is 4.92. The number of carbonyl (C=O) groups excluding carboxylic acids is 1. The zero-order valence-corrected chi connectivity index (χ0v) is 10.8. The molecular weight excluding hydrogens is 228 g/mol. The highest BCUT2D eigenvalue weighted by atomic mass is 16.3. The van der Waals surface area contributed by atoms with Crippen LogP contribution in [0.3, 0.4) is 0 Å². The Bertz CT molecular complexity index is 403. The minimum Gasteiger partial charge on any atom is -0.463 e. The van der Waals surface area contributed by atoms with Gasteiger partial charge in [-0.2, -0.15) is 5.10 Å². The van der Waals surface area contributed by atoms with Gasteiger partial charge in [-0.1, -0.05) is 19.3 Å². The molecule has 4 nitrogen and oxygen atoms in total. The average molecular weight is 248 g/mol. The van der Waals surface area contributed by atoms with Crippen LogP contribution in [0, 0.1) is 5.92 Å². The monoisotopic (exact) mass is 248 g/mol. The van der Waals surface area contributed by atoms with E-state index in [1.807, 2.05) is 13.0 Å². The molecule has 0 saturated heterocycles. The van der Waals surface area contributed by atoms with E-state index in [1.54, 1.807) is 12.3 Å². The molecule has 0 spiro atoms. The molecular formula is C14H20N2O2. The van der Waals surface area contributed by atoms with E-state index in [-0.39, 0.29) is 5.91 Å². The van der Waals surface area contributed by atoms with Crippen molar-refractivity contribution in [2.24, 2.45) is 11.0 Å². The van der Waals surface area contributed by atoms with Gasteiger partial charge < -0.3 is 4.42 Å². The molecule has 1 aromatic rings. The van der Waals surface area contributed by atoms with Crippen molar-refractivity contribution < 1.29 is 9.21 Å². The second kappa shape index (κ2) is 6.38. The van der Waals surface area contributed by atoms with Crippen LogP contribution in [0.1, 0.15) is 51.2 Å². The van der Waals surface area contributed by atoms with Crippen molar-refractivity contribution in [2.75, 3.05) is 0 Å². The fraction of sp³-hybridized carbons (Fsp3) is 0.571. The first-order valence-electron chi connectivity index (χ1n) is 6.62. The number of carbonyl (C=O) groups is 1. The first-order valence-corrected chi connectivity index (χ1v) is 6.62. The lowest BCUT2D eigenvalue weighted by Gasteiger charge is -2.20. The van der Waals surface area contributed by atoms with E-state index in [1.165, 1.54) is 32.1 Å². The molecule has 0 radical (unpaired) electrons. The molecule has 18 heavy (non-hydrogen) atoms. The zero-order valence-electron chi connectivity index (χ0n) is 10.8. The van der Waals surface area contributed by atoms with Gasteiger partial charge in [0, 0.05) is 6.42 Å². The van der Waals surface area contributed by atoms with Gasteiger partial charge in [-0.15, -0.1) is 0 Å². The van der Waals surface area contributed by atoms with Crippen LogP contribution in [-0.2, 0) is 4.79 Å². The molecule has 98 valence electrons. The highest BCUT2D eigenvalue weighted by Gasteiger charge is 2.16. The Labute approximate surface area is 107 Å². The van der Waals surface area contributed by atoms with Crippen molar-refractivity contribution in [1.29, 1.82) is 0 Å². The molecule has 0 unspecified atom stereocenters. The molecule has 0 bridgehead atoms. The third-order valence-electron chi connectivity index (χ3n) is 3.42. The Morgan fingerprint density at radius 3 is 2.89 bits per heavy atom. The van der Waals surface area contributed by atoms with E-state index < -0.39 is 0 Å².